The number of likely N-dealkylation sites (N-methyl/N-ethyl adjacent to an activating group) is 1. The molecule has 0 heterocycles. The maximum atomic E-state index is 14.5. The van der Waals surface area contributed by atoms with Gasteiger partial charge in [-0.15, -0.1) is 0 Å². The molecule has 37 heavy (non-hydrogen) atoms. The van der Waals surface area contributed by atoms with Crippen molar-refractivity contribution < 1.29 is 22.4 Å². The molecule has 0 aliphatic heterocycles. The van der Waals surface area contributed by atoms with E-state index in [0.29, 0.717) is 10.6 Å². The first-order valence-corrected chi connectivity index (χ1v) is 13.4. The predicted molar refractivity (Wildman–Crippen MR) is 142 cm³/mol. The molecule has 1 atom stereocenters. The van der Waals surface area contributed by atoms with E-state index in [9.17, 15) is 22.4 Å². The molecule has 0 bridgehead atoms. The fourth-order valence-electron chi connectivity index (χ4n) is 3.80. The van der Waals surface area contributed by atoms with Crippen LogP contribution in [0.25, 0.3) is 0 Å². The molecule has 0 aliphatic carbocycles. The van der Waals surface area contributed by atoms with E-state index >= 15 is 0 Å². The summed E-state index contributed by atoms with van der Waals surface area (Å²) in [6, 6.07) is 15.9. The van der Waals surface area contributed by atoms with Gasteiger partial charge in [-0.05, 0) is 56.7 Å². The first-order valence-electron chi connectivity index (χ1n) is 11.6. The predicted octanol–water partition coefficient (Wildman–Crippen LogP) is 4.45. The molecular weight excluding hydrogens is 517 g/mol. The summed E-state index contributed by atoms with van der Waals surface area (Å²) in [6.07, 6.45) is 0. The number of carbonyl (C=O) groups excluding carboxylic acids is 2. The Bertz CT molecular complexity index is 1400. The van der Waals surface area contributed by atoms with E-state index in [1.165, 1.54) is 50.4 Å². The van der Waals surface area contributed by atoms with Crippen molar-refractivity contribution in [1.82, 2.24) is 10.2 Å². The van der Waals surface area contributed by atoms with Crippen molar-refractivity contribution in [2.75, 3.05) is 17.9 Å². The Morgan fingerprint density at radius 1 is 1.03 bits per heavy atom. The molecule has 3 aromatic rings. The van der Waals surface area contributed by atoms with Crippen molar-refractivity contribution in [3.05, 3.63) is 94.3 Å². The van der Waals surface area contributed by atoms with Crippen LogP contribution in [0.3, 0.4) is 0 Å². The Labute approximate surface area is 221 Å². The van der Waals surface area contributed by atoms with Crippen molar-refractivity contribution in [2.45, 2.75) is 38.3 Å². The highest BCUT2D eigenvalue weighted by atomic mass is 35.5. The van der Waals surface area contributed by atoms with Crippen LogP contribution in [-0.4, -0.2) is 44.8 Å². The summed E-state index contributed by atoms with van der Waals surface area (Å²) in [4.78, 5) is 27.4. The highest BCUT2D eigenvalue weighted by molar-refractivity contribution is 7.92. The lowest BCUT2D eigenvalue weighted by molar-refractivity contribution is -0.139. The summed E-state index contributed by atoms with van der Waals surface area (Å²) in [5.41, 5.74) is 1.86. The molecule has 2 amide bonds. The van der Waals surface area contributed by atoms with Gasteiger partial charge in [-0.25, -0.2) is 12.8 Å². The third-order valence-electron chi connectivity index (χ3n) is 6.04. The second-order valence-corrected chi connectivity index (χ2v) is 11.0. The number of halogens is 2. The van der Waals surface area contributed by atoms with Crippen LogP contribution in [0.2, 0.25) is 5.02 Å². The maximum absolute atomic E-state index is 14.5. The number of hydrogen-bond donors (Lipinski definition) is 1. The van der Waals surface area contributed by atoms with E-state index in [1.807, 2.05) is 6.92 Å². The molecule has 10 heteroatoms. The molecule has 3 rings (SSSR count). The lowest BCUT2D eigenvalue weighted by Crippen LogP contribution is -2.51. The van der Waals surface area contributed by atoms with Gasteiger partial charge >= 0.3 is 0 Å². The number of nitrogens with zero attached hydrogens (tertiary/aromatic N) is 2. The van der Waals surface area contributed by atoms with E-state index in [-0.39, 0.29) is 22.7 Å². The third-order valence-corrected chi connectivity index (χ3v) is 8.05. The Balaban J connectivity index is 2.09. The van der Waals surface area contributed by atoms with Gasteiger partial charge in [0.2, 0.25) is 11.8 Å². The monoisotopic (exact) mass is 545 g/mol. The van der Waals surface area contributed by atoms with Crippen LogP contribution >= 0.6 is 11.6 Å². The summed E-state index contributed by atoms with van der Waals surface area (Å²) in [7, 11) is -2.79. The largest absolute Gasteiger partial charge is 0.357 e. The standard InChI is InChI=1S/C27H29ClFN3O4S/c1-18-9-13-23(14-10-18)37(35,36)32(25-15-22(28)12-11-19(25)2)17-26(33)31(20(3)27(34)30-4)16-21-7-5-6-8-24(21)29/h5-15,20H,16-17H2,1-4H3,(H,30,34)/t20-/m0/s1. The normalized spacial score (nSPS) is 12.1. The zero-order chi connectivity index (χ0) is 27.3. The molecule has 196 valence electrons. The number of benzene rings is 3. The number of rotatable bonds is 9. The number of sulfonamides is 1. The van der Waals surface area contributed by atoms with Crippen LogP contribution in [0.1, 0.15) is 23.6 Å². The minimum atomic E-state index is -4.22. The Kier molecular flexibility index (Phi) is 8.94. The fraction of sp³-hybridized carbons (Fsp3) is 0.259. The Morgan fingerprint density at radius 3 is 2.30 bits per heavy atom. The zero-order valence-corrected chi connectivity index (χ0v) is 22.6. The number of nitrogens with one attached hydrogen (secondary N) is 1. The second-order valence-electron chi connectivity index (χ2n) is 8.66. The fourth-order valence-corrected chi connectivity index (χ4v) is 5.44. The van der Waals surface area contributed by atoms with Crippen LogP contribution in [0.4, 0.5) is 10.1 Å². The van der Waals surface area contributed by atoms with Crippen LogP contribution in [0, 0.1) is 19.7 Å². The van der Waals surface area contributed by atoms with Gasteiger partial charge in [0.25, 0.3) is 10.0 Å². The Morgan fingerprint density at radius 2 is 1.68 bits per heavy atom. The number of amides is 2. The third kappa shape index (κ3) is 6.47. The molecule has 0 fully saturated rings. The maximum Gasteiger partial charge on any atom is 0.264 e. The molecule has 0 aromatic heterocycles. The smallest absolute Gasteiger partial charge is 0.264 e. The van der Waals surface area contributed by atoms with Crippen LogP contribution in [0.5, 0.6) is 0 Å². The Hall–Kier alpha value is -3.43. The summed E-state index contributed by atoms with van der Waals surface area (Å²) >= 11 is 6.20. The number of hydrogen-bond acceptors (Lipinski definition) is 4. The van der Waals surface area contributed by atoms with E-state index in [2.05, 4.69) is 5.32 Å². The lowest BCUT2D eigenvalue weighted by atomic mass is 10.1. The van der Waals surface area contributed by atoms with E-state index in [1.54, 1.807) is 37.3 Å². The quantitative estimate of drug-likeness (QED) is 0.430. The molecule has 7 nitrogen and oxygen atoms in total. The average Bonchev–Trinajstić information content (AvgIpc) is 2.87. The summed E-state index contributed by atoms with van der Waals surface area (Å²) < 4.78 is 43.1. The van der Waals surface area contributed by atoms with Gasteiger partial charge in [-0.3, -0.25) is 13.9 Å². The summed E-state index contributed by atoms with van der Waals surface area (Å²) in [6.45, 7) is 4.18. The molecular formula is C27H29ClFN3O4S. The second kappa shape index (κ2) is 11.7. The van der Waals surface area contributed by atoms with Gasteiger partial charge in [-0.1, -0.05) is 53.6 Å². The van der Waals surface area contributed by atoms with E-state index in [0.717, 1.165) is 14.8 Å². The summed E-state index contributed by atoms with van der Waals surface area (Å²) in [5, 5.41) is 2.78. The van der Waals surface area contributed by atoms with Crippen molar-refractivity contribution >= 4 is 39.1 Å². The van der Waals surface area contributed by atoms with Gasteiger partial charge < -0.3 is 10.2 Å². The van der Waals surface area contributed by atoms with E-state index in [4.69, 9.17) is 11.6 Å². The highest BCUT2D eigenvalue weighted by Gasteiger charge is 2.33. The molecule has 3 aromatic carbocycles. The van der Waals surface area contributed by atoms with Crippen LogP contribution in [0.15, 0.2) is 71.6 Å². The van der Waals surface area contributed by atoms with Crippen LogP contribution in [-0.2, 0) is 26.2 Å². The molecule has 1 N–H and O–H groups in total. The molecule has 0 saturated heterocycles. The van der Waals surface area contributed by atoms with Crippen molar-refractivity contribution in [1.29, 1.82) is 0 Å². The minimum absolute atomic E-state index is 0.00900. The van der Waals surface area contributed by atoms with Gasteiger partial charge in [-0.2, -0.15) is 0 Å². The van der Waals surface area contributed by atoms with Crippen LogP contribution < -0.4 is 9.62 Å². The molecule has 0 radical (unpaired) electrons. The number of carbonyl (C=O) groups is 2. The zero-order valence-electron chi connectivity index (χ0n) is 21.0. The van der Waals surface area contributed by atoms with E-state index < -0.39 is 40.2 Å². The SMILES string of the molecule is CNC(=O)[C@H](C)N(Cc1ccccc1F)C(=O)CN(c1cc(Cl)ccc1C)S(=O)(=O)c1ccc(C)cc1. The lowest BCUT2D eigenvalue weighted by Gasteiger charge is -2.32. The van der Waals surface area contributed by atoms with Gasteiger partial charge in [0.1, 0.15) is 18.4 Å². The molecule has 0 saturated carbocycles. The van der Waals surface area contributed by atoms with Crippen molar-refractivity contribution in [3.63, 3.8) is 0 Å². The van der Waals surface area contributed by atoms with Gasteiger partial charge in [0.05, 0.1) is 10.6 Å². The van der Waals surface area contributed by atoms with Gasteiger partial charge in [0, 0.05) is 24.2 Å². The topological polar surface area (TPSA) is 86.8 Å². The highest BCUT2D eigenvalue weighted by Crippen LogP contribution is 2.30. The number of anilines is 1. The molecule has 0 unspecified atom stereocenters. The van der Waals surface area contributed by atoms with Crippen molar-refractivity contribution in [3.8, 4) is 0 Å². The van der Waals surface area contributed by atoms with Gasteiger partial charge in [0.15, 0.2) is 0 Å². The van der Waals surface area contributed by atoms with Crippen molar-refractivity contribution in [2.24, 2.45) is 0 Å². The first kappa shape index (κ1) is 28.1. The summed E-state index contributed by atoms with van der Waals surface area (Å²) in [5.74, 6) is -1.70. The number of aryl methyl sites for hydroxylation is 2. The average molecular weight is 546 g/mol. The minimum Gasteiger partial charge on any atom is -0.357 e. The molecule has 0 spiro atoms. The first-order chi connectivity index (χ1) is 17.4. The molecule has 0 aliphatic rings.